The zero-order valence-electron chi connectivity index (χ0n) is 14.2. The molecular weight excluding hydrogens is 395 g/mol. The number of aryl methyl sites for hydroxylation is 1. The van der Waals surface area contributed by atoms with Gasteiger partial charge in [-0.25, -0.2) is 32.2 Å². The third-order valence-electron chi connectivity index (χ3n) is 3.53. The fraction of sp³-hybridized carbons (Fsp3) is 0.188. The molecule has 0 atom stereocenters. The lowest BCUT2D eigenvalue weighted by atomic mass is 10.3. The number of sulfonamides is 1. The van der Waals surface area contributed by atoms with E-state index < -0.39 is 15.8 Å². The lowest BCUT2D eigenvalue weighted by Crippen LogP contribution is -2.29. The number of aromatic nitrogens is 4. The van der Waals surface area contributed by atoms with E-state index in [4.69, 9.17) is 11.6 Å². The number of nitrogens with zero attached hydrogens (tertiary/aromatic N) is 4. The molecule has 3 aromatic rings. The van der Waals surface area contributed by atoms with Crippen LogP contribution in [0.15, 0.2) is 47.8 Å². The van der Waals surface area contributed by atoms with Crippen molar-refractivity contribution in [1.82, 2.24) is 24.5 Å². The first-order chi connectivity index (χ1) is 12.8. The summed E-state index contributed by atoms with van der Waals surface area (Å²) in [6.07, 6.45) is 3.17. The van der Waals surface area contributed by atoms with Crippen LogP contribution in [0.1, 0.15) is 5.69 Å². The Hall–Kier alpha value is -2.56. The SMILES string of the molecule is Cc1ccn(-c2cc(NCCNS(=O)(=O)c3ccc(F)c(Cl)c3)ncn2)n1. The van der Waals surface area contributed by atoms with E-state index in [1.165, 1.54) is 6.33 Å². The number of anilines is 1. The van der Waals surface area contributed by atoms with Gasteiger partial charge in [0.25, 0.3) is 0 Å². The Balaban J connectivity index is 1.58. The molecule has 142 valence electrons. The van der Waals surface area contributed by atoms with Crippen LogP contribution in [0.2, 0.25) is 5.02 Å². The molecule has 2 N–H and O–H groups in total. The van der Waals surface area contributed by atoms with E-state index in [-0.39, 0.29) is 23.0 Å². The topological polar surface area (TPSA) is 102 Å². The van der Waals surface area contributed by atoms with Crippen molar-refractivity contribution in [2.45, 2.75) is 11.8 Å². The monoisotopic (exact) mass is 410 g/mol. The summed E-state index contributed by atoms with van der Waals surface area (Å²) >= 11 is 5.63. The van der Waals surface area contributed by atoms with Crippen LogP contribution in [0.4, 0.5) is 10.2 Å². The smallest absolute Gasteiger partial charge is 0.240 e. The summed E-state index contributed by atoms with van der Waals surface area (Å²) < 4.78 is 41.6. The van der Waals surface area contributed by atoms with Gasteiger partial charge in [0.15, 0.2) is 5.82 Å². The molecular formula is C16H16ClFN6O2S. The van der Waals surface area contributed by atoms with E-state index in [9.17, 15) is 12.8 Å². The minimum Gasteiger partial charge on any atom is -0.369 e. The van der Waals surface area contributed by atoms with Gasteiger partial charge in [0.05, 0.1) is 15.6 Å². The minimum atomic E-state index is -3.79. The van der Waals surface area contributed by atoms with Gasteiger partial charge in [-0.3, -0.25) is 0 Å². The molecule has 0 saturated carbocycles. The van der Waals surface area contributed by atoms with E-state index in [0.717, 1.165) is 23.9 Å². The third kappa shape index (κ3) is 4.79. The molecule has 0 amide bonds. The van der Waals surface area contributed by atoms with Gasteiger partial charge in [-0.1, -0.05) is 11.6 Å². The second-order valence-corrected chi connectivity index (χ2v) is 7.74. The van der Waals surface area contributed by atoms with Crippen molar-refractivity contribution in [2.75, 3.05) is 18.4 Å². The Morgan fingerprint density at radius 1 is 1.19 bits per heavy atom. The molecule has 0 radical (unpaired) electrons. The van der Waals surface area contributed by atoms with Gasteiger partial charge < -0.3 is 5.32 Å². The van der Waals surface area contributed by atoms with Crippen molar-refractivity contribution in [3.05, 3.63) is 59.4 Å². The molecule has 11 heteroatoms. The van der Waals surface area contributed by atoms with Crippen LogP contribution < -0.4 is 10.0 Å². The third-order valence-corrected chi connectivity index (χ3v) is 5.28. The first kappa shape index (κ1) is 19.2. The van der Waals surface area contributed by atoms with E-state index in [1.807, 2.05) is 13.0 Å². The predicted octanol–water partition coefficient (Wildman–Crippen LogP) is 2.15. The van der Waals surface area contributed by atoms with Gasteiger partial charge in [-0.15, -0.1) is 0 Å². The maximum Gasteiger partial charge on any atom is 0.240 e. The highest BCUT2D eigenvalue weighted by molar-refractivity contribution is 7.89. The number of hydrogen-bond acceptors (Lipinski definition) is 6. The van der Waals surface area contributed by atoms with Crippen LogP contribution in [0.25, 0.3) is 5.82 Å². The van der Waals surface area contributed by atoms with Crippen molar-refractivity contribution >= 4 is 27.4 Å². The Morgan fingerprint density at radius 2 is 2.00 bits per heavy atom. The summed E-state index contributed by atoms with van der Waals surface area (Å²) in [6, 6.07) is 6.77. The van der Waals surface area contributed by atoms with Crippen LogP contribution in [-0.2, 0) is 10.0 Å². The fourth-order valence-electron chi connectivity index (χ4n) is 2.21. The van der Waals surface area contributed by atoms with E-state index in [1.54, 1.807) is 16.9 Å². The van der Waals surface area contributed by atoms with Crippen molar-refractivity contribution in [3.8, 4) is 5.82 Å². The number of rotatable bonds is 7. The molecule has 0 fully saturated rings. The summed E-state index contributed by atoms with van der Waals surface area (Å²) in [5, 5.41) is 7.02. The average molecular weight is 411 g/mol. The Labute approximate surface area is 160 Å². The lowest BCUT2D eigenvalue weighted by Gasteiger charge is -2.09. The van der Waals surface area contributed by atoms with Crippen LogP contribution in [-0.4, -0.2) is 41.3 Å². The molecule has 0 aliphatic carbocycles. The summed E-state index contributed by atoms with van der Waals surface area (Å²) in [7, 11) is -3.79. The molecule has 0 aliphatic heterocycles. The fourth-order valence-corrected chi connectivity index (χ4v) is 3.52. The average Bonchev–Trinajstić information content (AvgIpc) is 3.08. The quantitative estimate of drug-likeness (QED) is 0.579. The molecule has 0 aliphatic rings. The highest BCUT2D eigenvalue weighted by atomic mass is 35.5. The van der Waals surface area contributed by atoms with Gasteiger partial charge in [-0.2, -0.15) is 5.10 Å². The minimum absolute atomic E-state index is 0.0948. The summed E-state index contributed by atoms with van der Waals surface area (Å²) in [6.45, 7) is 2.25. The standard InChI is InChI=1S/C16H16ClFN6O2S/c1-11-4-7-24(23-11)16-9-15(20-10-21-16)19-5-6-22-27(25,26)12-2-3-14(18)13(17)8-12/h2-4,7-10,22H,5-6H2,1H3,(H,19,20,21). The highest BCUT2D eigenvalue weighted by Gasteiger charge is 2.15. The summed E-state index contributed by atoms with van der Waals surface area (Å²) in [5.41, 5.74) is 0.860. The van der Waals surface area contributed by atoms with Crippen molar-refractivity contribution < 1.29 is 12.8 Å². The maximum absolute atomic E-state index is 13.2. The Morgan fingerprint density at radius 3 is 2.70 bits per heavy atom. The highest BCUT2D eigenvalue weighted by Crippen LogP contribution is 2.19. The zero-order chi connectivity index (χ0) is 19.4. The first-order valence-electron chi connectivity index (χ1n) is 7.88. The molecule has 0 unspecified atom stereocenters. The molecule has 0 bridgehead atoms. The molecule has 8 nitrogen and oxygen atoms in total. The van der Waals surface area contributed by atoms with E-state index in [0.29, 0.717) is 11.6 Å². The van der Waals surface area contributed by atoms with Gasteiger partial charge >= 0.3 is 0 Å². The number of nitrogens with one attached hydrogen (secondary N) is 2. The molecule has 0 saturated heterocycles. The van der Waals surface area contributed by atoms with Gasteiger partial charge in [0.1, 0.15) is 18.0 Å². The van der Waals surface area contributed by atoms with Crippen LogP contribution >= 0.6 is 11.6 Å². The number of hydrogen-bond donors (Lipinski definition) is 2. The Bertz CT molecular complexity index is 1060. The van der Waals surface area contributed by atoms with Crippen LogP contribution in [0.3, 0.4) is 0 Å². The normalized spacial score (nSPS) is 11.5. The number of benzene rings is 1. The second-order valence-electron chi connectivity index (χ2n) is 5.56. The van der Waals surface area contributed by atoms with Gasteiger partial charge in [0.2, 0.25) is 10.0 Å². The predicted molar refractivity (Wildman–Crippen MR) is 99.0 cm³/mol. The molecule has 0 spiro atoms. The van der Waals surface area contributed by atoms with Crippen molar-refractivity contribution in [1.29, 1.82) is 0 Å². The van der Waals surface area contributed by atoms with E-state index in [2.05, 4.69) is 25.1 Å². The zero-order valence-corrected chi connectivity index (χ0v) is 15.8. The largest absolute Gasteiger partial charge is 0.369 e. The molecule has 27 heavy (non-hydrogen) atoms. The maximum atomic E-state index is 13.2. The summed E-state index contributed by atoms with van der Waals surface area (Å²) in [4.78, 5) is 8.12. The van der Waals surface area contributed by atoms with Gasteiger partial charge in [0, 0.05) is 25.4 Å². The molecule has 2 aromatic heterocycles. The second kappa shape index (κ2) is 7.99. The van der Waals surface area contributed by atoms with Crippen LogP contribution in [0, 0.1) is 12.7 Å². The number of halogens is 2. The summed E-state index contributed by atoms with van der Waals surface area (Å²) in [5.74, 6) is 0.434. The molecule has 1 aromatic carbocycles. The van der Waals surface area contributed by atoms with Crippen LogP contribution in [0.5, 0.6) is 0 Å². The van der Waals surface area contributed by atoms with Gasteiger partial charge in [-0.05, 0) is 31.2 Å². The Kier molecular flexibility index (Phi) is 5.68. The van der Waals surface area contributed by atoms with Crippen molar-refractivity contribution in [3.63, 3.8) is 0 Å². The van der Waals surface area contributed by atoms with E-state index >= 15 is 0 Å². The molecule has 2 heterocycles. The molecule has 3 rings (SSSR count). The van der Waals surface area contributed by atoms with Crippen molar-refractivity contribution in [2.24, 2.45) is 0 Å². The first-order valence-corrected chi connectivity index (χ1v) is 9.74. The lowest BCUT2D eigenvalue weighted by molar-refractivity contribution is 0.582.